The number of aromatic nitrogens is 2. The molecule has 0 saturated carbocycles. The maximum atomic E-state index is 5.40. The van der Waals surface area contributed by atoms with Crippen molar-refractivity contribution < 1.29 is 4.74 Å². The van der Waals surface area contributed by atoms with Gasteiger partial charge in [-0.1, -0.05) is 0 Å². The lowest BCUT2D eigenvalue weighted by Gasteiger charge is -2.19. The Morgan fingerprint density at radius 1 is 1.43 bits per heavy atom. The van der Waals surface area contributed by atoms with E-state index in [0.717, 1.165) is 42.5 Å². The number of fused-ring (bicyclic) bond motifs is 1. The Bertz CT molecular complexity index is 338. The largest absolute Gasteiger partial charge is 0.376 e. The van der Waals surface area contributed by atoms with Gasteiger partial charge >= 0.3 is 0 Å². The van der Waals surface area contributed by atoms with Gasteiger partial charge in [0.1, 0.15) is 11.6 Å². The molecule has 1 aliphatic heterocycles. The first-order valence-corrected chi connectivity index (χ1v) is 4.99. The number of hydrogen-bond acceptors (Lipinski definition) is 4. The number of rotatable bonds is 2. The van der Waals surface area contributed by atoms with Crippen molar-refractivity contribution in [1.82, 2.24) is 9.97 Å². The molecule has 0 amide bonds. The topological polar surface area (TPSA) is 47.0 Å². The van der Waals surface area contributed by atoms with Crippen molar-refractivity contribution in [3.63, 3.8) is 0 Å². The molecule has 2 rings (SSSR count). The van der Waals surface area contributed by atoms with Crippen LogP contribution in [0.15, 0.2) is 0 Å². The average Bonchev–Trinajstić information content (AvgIpc) is 2.18. The van der Waals surface area contributed by atoms with Gasteiger partial charge < -0.3 is 10.1 Å². The lowest BCUT2D eigenvalue weighted by molar-refractivity contribution is 0.109. The van der Waals surface area contributed by atoms with Crippen LogP contribution in [0.2, 0.25) is 0 Å². The summed E-state index contributed by atoms with van der Waals surface area (Å²) in [4.78, 5) is 8.80. The van der Waals surface area contributed by atoms with Crippen LogP contribution in [0.3, 0.4) is 0 Å². The molecule has 1 N–H and O–H groups in total. The highest BCUT2D eigenvalue weighted by Crippen LogP contribution is 2.21. The van der Waals surface area contributed by atoms with Crippen LogP contribution in [0, 0.1) is 6.92 Å². The fourth-order valence-corrected chi connectivity index (χ4v) is 1.67. The van der Waals surface area contributed by atoms with Crippen LogP contribution in [-0.4, -0.2) is 23.1 Å². The molecule has 4 heteroatoms. The summed E-state index contributed by atoms with van der Waals surface area (Å²) in [6, 6.07) is 0. The third-order valence-electron chi connectivity index (χ3n) is 2.28. The van der Waals surface area contributed by atoms with Crippen molar-refractivity contribution in [2.24, 2.45) is 0 Å². The highest BCUT2D eigenvalue weighted by Gasteiger charge is 2.16. The van der Waals surface area contributed by atoms with Gasteiger partial charge in [-0.25, -0.2) is 9.97 Å². The highest BCUT2D eigenvalue weighted by atomic mass is 16.5. The maximum Gasteiger partial charge on any atom is 0.135 e. The van der Waals surface area contributed by atoms with E-state index in [1.807, 2.05) is 6.92 Å². The normalized spacial score (nSPS) is 15.0. The summed E-state index contributed by atoms with van der Waals surface area (Å²) in [7, 11) is 0. The van der Waals surface area contributed by atoms with Crippen LogP contribution in [0.4, 0.5) is 5.82 Å². The molecule has 0 radical (unpaired) electrons. The number of anilines is 1. The van der Waals surface area contributed by atoms with E-state index in [1.165, 1.54) is 0 Å². The first-order valence-electron chi connectivity index (χ1n) is 4.99. The lowest BCUT2D eigenvalue weighted by atomic mass is 10.1. The fourth-order valence-electron chi connectivity index (χ4n) is 1.67. The minimum atomic E-state index is 0.637. The van der Waals surface area contributed by atoms with E-state index in [1.54, 1.807) is 0 Å². The number of nitrogens with zero attached hydrogens (tertiary/aromatic N) is 2. The molecule has 0 spiro atoms. The predicted octanol–water partition coefficient (Wildman–Crippen LogP) is 1.29. The van der Waals surface area contributed by atoms with Crippen LogP contribution in [0.25, 0.3) is 0 Å². The van der Waals surface area contributed by atoms with Gasteiger partial charge in [-0.05, 0) is 13.8 Å². The van der Waals surface area contributed by atoms with Crippen LogP contribution in [0.5, 0.6) is 0 Å². The SMILES string of the molecule is CCNc1nc(C)nc2c1COCC2. The molecular formula is C10H15N3O. The van der Waals surface area contributed by atoms with Crippen LogP contribution < -0.4 is 5.32 Å². The van der Waals surface area contributed by atoms with Crippen molar-refractivity contribution in [3.8, 4) is 0 Å². The van der Waals surface area contributed by atoms with E-state index in [0.29, 0.717) is 6.61 Å². The molecule has 1 aromatic heterocycles. The summed E-state index contributed by atoms with van der Waals surface area (Å²) < 4.78 is 5.40. The zero-order chi connectivity index (χ0) is 9.97. The Hall–Kier alpha value is -1.16. The molecule has 1 aromatic rings. The van der Waals surface area contributed by atoms with Crippen LogP contribution in [0.1, 0.15) is 24.0 Å². The summed E-state index contributed by atoms with van der Waals surface area (Å²) >= 11 is 0. The second-order valence-electron chi connectivity index (χ2n) is 3.38. The van der Waals surface area contributed by atoms with E-state index in [-0.39, 0.29) is 0 Å². The Labute approximate surface area is 83.7 Å². The minimum Gasteiger partial charge on any atom is -0.376 e. The van der Waals surface area contributed by atoms with Crippen LogP contribution >= 0.6 is 0 Å². The Morgan fingerprint density at radius 3 is 3.07 bits per heavy atom. The smallest absolute Gasteiger partial charge is 0.135 e. The average molecular weight is 193 g/mol. The summed E-state index contributed by atoms with van der Waals surface area (Å²) in [5, 5.41) is 3.25. The second-order valence-corrected chi connectivity index (χ2v) is 3.38. The van der Waals surface area contributed by atoms with Gasteiger partial charge in [-0.15, -0.1) is 0 Å². The van der Waals surface area contributed by atoms with Crippen molar-refractivity contribution in [1.29, 1.82) is 0 Å². The van der Waals surface area contributed by atoms with Crippen LogP contribution in [-0.2, 0) is 17.8 Å². The lowest BCUT2D eigenvalue weighted by Crippen LogP contribution is -2.17. The van der Waals surface area contributed by atoms with Crippen molar-refractivity contribution in [2.75, 3.05) is 18.5 Å². The molecule has 0 aromatic carbocycles. The summed E-state index contributed by atoms with van der Waals surface area (Å²) in [6.07, 6.45) is 0.900. The number of ether oxygens (including phenoxy) is 1. The molecule has 0 saturated heterocycles. The highest BCUT2D eigenvalue weighted by molar-refractivity contribution is 5.47. The molecule has 0 aliphatic carbocycles. The molecule has 0 bridgehead atoms. The molecule has 0 unspecified atom stereocenters. The number of aryl methyl sites for hydroxylation is 1. The predicted molar refractivity (Wildman–Crippen MR) is 54.3 cm³/mol. The zero-order valence-electron chi connectivity index (χ0n) is 8.63. The van der Waals surface area contributed by atoms with E-state index in [4.69, 9.17) is 4.74 Å². The summed E-state index contributed by atoms with van der Waals surface area (Å²) in [6.45, 7) is 6.28. The molecule has 0 atom stereocenters. The molecule has 76 valence electrons. The monoisotopic (exact) mass is 193 g/mol. The molecule has 14 heavy (non-hydrogen) atoms. The second kappa shape index (κ2) is 3.92. The van der Waals surface area contributed by atoms with Gasteiger partial charge in [0, 0.05) is 18.5 Å². The Kier molecular flexibility index (Phi) is 2.63. The number of hydrogen-bond donors (Lipinski definition) is 1. The van der Waals surface area contributed by atoms with E-state index >= 15 is 0 Å². The first-order chi connectivity index (χ1) is 6.81. The third-order valence-corrected chi connectivity index (χ3v) is 2.28. The molecule has 2 heterocycles. The maximum absolute atomic E-state index is 5.40. The first kappa shape index (κ1) is 9.40. The van der Waals surface area contributed by atoms with Crippen molar-refractivity contribution in [2.45, 2.75) is 26.9 Å². The van der Waals surface area contributed by atoms with Gasteiger partial charge in [-0.2, -0.15) is 0 Å². The Morgan fingerprint density at radius 2 is 2.29 bits per heavy atom. The minimum absolute atomic E-state index is 0.637. The summed E-state index contributed by atoms with van der Waals surface area (Å²) in [5.41, 5.74) is 2.27. The molecule has 1 aliphatic rings. The Balaban J connectivity index is 2.41. The third kappa shape index (κ3) is 1.70. The molecule has 4 nitrogen and oxygen atoms in total. The van der Waals surface area contributed by atoms with Gasteiger partial charge in [0.2, 0.25) is 0 Å². The van der Waals surface area contributed by atoms with E-state index in [9.17, 15) is 0 Å². The quantitative estimate of drug-likeness (QED) is 0.768. The van der Waals surface area contributed by atoms with Crippen molar-refractivity contribution in [3.05, 3.63) is 17.1 Å². The number of nitrogens with one attached hydrogen (secondary N) is 1. The fraction of sp³-hybridized carbons (Fsp3) is 0.600. The van der Waals surface area contributed by atoms with Gasteiger partial charge in [0.25, 0.3) is 0 Å². The van der Waals surface area contributed by atoms with Gasteiger partial charge in [0.15, 0.2) is 0 Å². The zero-order valence-corrected chi connectivity index (χ0v) is 8.63. The summed E-state index contributed by atoms with van der Waals surface area (Å²) in [5.74, 6) is 1.77. The van der Waals surface area contributed by atoms with E-state index < -0.39 is 0 Å². The molecule has 0 fully saturated rings. The van der Waals surface area contributed by atoms with Crippen molar-refractivity contribution >= 4 is 5.82 Å². The standard InChI is InChI=1S/C10H15N3O/c1-3-11-10-8-6-14-5-4-9(8)12-7(2)13-10/h3-6H2,1-2H3,(H,11,12,13). The van der Waals surface area contributed by atoms with Gasteiger partial charge in [0.05, 0.1) is 18.9 Å². The molecular weight excluding hydrogens is 178 g/mol. The van der Waals surface area contributed by atoms with Gasteiger partial charge in [-0.3, -0.25) is 0 Å². The van der Waals surface area contributed by atoms with E-state index in [2.05, 4.69) is 22.2 Å².